The average molecular weight is 372 g/mol. The van der Waals surface area contributed by atoms with Crippen LogP contribution in [0.1, 0.15) is 26.3 Å². The first kappa shape index (κ1) is 17.9. The summed E-state index contributed by atoms with van der Waals surface area (Å²) in [5.41, 5.74) is 7.96. The van der Waals surface area contributed by atoms with Gasteiger partial charge >= 0.3 is 0 Å². The number of carbonyl (C=O) groups excluding carboxylic acids is 2. The number of aliphatic hydroxyl groups is 1. The summed E-state index contributed by atoms with van der Waals surface area (Å²) < 4.78 is 5.52. The maximum atomic E-state index is 13.0. The number of azide groups is 1. The molecule has 0 saturated heterocycles. The van der Waals surface area contributed by atoms with Gasteiger partial charge in [-0.1, -0.05) is 28.3 Å². The molecule has 0 aliphatic carbocycles. The van der Waals surface area contributed by atoms with Crippen molar-refractivity contribution in [2.45, 2.75) is 18.6 Å². The third-order valence-corrected chi connectivity index (χ3v) is 4.53. The molecule has 0 fully saturated rings. The van der Waals surface area contributed by atoms with E-state index in [1.165, 1.54) is 24.3 Å². The summed E-state index contributed by atoms with van der Waals surface area (Å²) in [7, 11) is 0. The molecule has 0 unspecified atom stereocenters. The summed E-state index contributed by atoms with van der Waals surface area (Å²) in [5.74, 6) is -1.10. The van der Waals surface area contributed by atoms with Gasteiger partial charge in [0.15, 0.2) is 17.1 Å². The molecule has 0 bridgehead atoms. The normalized spacial score (nSPS) is 19.7. The number of hydrogen-bond donors (Lipinski definition) is 1. The molecule has 0 saturated carbocycles. The van der Waals surface area contributed by atoms with Crippen molar-refractivity contribution in [3.63, 3.8) is 0 Å². The maximum absolute atomic E-state index is 13.0. The Morgan fingerprint density at radius 3 is 2.69 bits per heavy atom. The molecule has 1 aliphatic rings. The molecule has 0 aromatic heterocycles. The fourth-order valence-corrected chi connectivity index (χ4v) is 2.96. The lowest BCUT2D eigenvalue weighted by atomic mass is 9.80. The number of halogens is 1. The third kappa shape index (κ3) is 2.93. The lowest BCUT2D eigenvalue weighted by molar-refractivity contribution is 0.0311. The van der Waals surface area contributed by atoms with Gasteiger partial charge in [0.25, 0.3) is 0 Å². The second-order valence-electron chi connectivity index (χ2n) is 6.00. The van der Waals surface area contributed by atoms with Gasteiger partial charge in [0.2, 0.25) is 0 Å². The highest BCUT2D eigenvalue weighted by molar-refractivity contribution is 6.30. The van der Waals surface area contributed by atoms with Gasteiger partial charge in [-0.15, -0.1) is 0 Å². The SMILES string of the molecule is Cc1ccc2c(c1)C(=O)[C@](N=[N+]=[N-])([C@H](O)C(=O)c1ccc(Cl)cc1)CO2. The quantitative estimate of drug-likeness (QED) is 0.383. The largest absolute Gasteiger partial charge is 0.492 e. The van der Waals surface area contributed by atoms with Crippen LogP contribution in [0.4, 0.5) is 0 Å². The monoisotopic (exact) mass is 371 g/mol. The third-order valence-electron chi connectivity index (χ3n) is 4.27. The highest BCUT2D eigenvalue weighted by Gasteiger charge is 2.52. The lowest BCUT2D eigenvalue weighted by Gasteiger charge is -2.35. The molecule has 26 heavy (non-hydrogen) atoms. The molecule has 1 heterocycles. The number of aliphatic hydroxyl groups excluding tert-OH is 1. The van der Waals surface area contributed by atoms with Crippen LogP contribution in [-0.2, 0) is 0 Å². The number of Topliss-reactive ketones (excluding diaryl/α,β-unsaturated/α-hetero) is 2. The zero-order valence-electron chi connectivity index (χ0n) is 13.7. The van der Waals surface area contributed by atoms with Crippen LogP contribution in [0.2, 0.25) is 5.02 Å². The summed E-state index contributed by atoms with van der Waals surface area (Å²) >= 11 is 5.80. The van der Waals surface area contributed by atoms with Gasteiger partial charge in [-0.2, -0.15) is 0 Å². The summed E-state index contributed by atoms with van der Waals surface area (Å²) in [6, 6.07) is 10.8. The highest BCUT2D eigenvalue weighted by atomic mass is 35.5. The summed E-state index contributed by atoms with van der Waals surface area (Å²) in [6.45, 7) is 1.35. The number of aryl methyl sites for hydroxylation is 1. The van der Waals surface area contributed by atoms with Crippen LogP contribution in [0.5, 0.6) is 5.75 Å². The zero-order chi connectivity index (χ0) is 18.9. The molecule has 1 aliphatic heterocycles. The van der Waals surface area contributed by atoms with E-state index < -0.39 is 29.8 Å². The van der Waals surface area contributed by atoms with Gasteiger partial charge in [0, 0.05) is 15.5 Å². The van der Waals surface area contributed by atoms with Gasteiger partial charge < -0.3 is 9.84 Å². The first-order valence-corrected chi connectivity index (χ1v) is 8.09. The maximum Gasteiger partial charge on any atom is 0.192 e. The number of hydrogen-bond acceptors (Lipinski definition) is 5. The van der Waals surface area contributed by atoms with E-state index in [4.69, 9.17) is 21.9 Å². The standard InChI is InChI=1S/C18H14ClN3O4/c1-10-2-7-14-13(8-10)16(24)18(9-26-14,21-22-20)17(25)15(23)11-3-5-12(19)6-4-11/h2-8,17,25H,9H2,1H3/t17-,18+/m1/s1. The topological polar surface area (TPSA) is 112 Å². The first-order chi connectivity index (χ1) is 12.4. The minimum absolute atomic E-state index is 0.136. The van der Waals surface area contributed by atoms with E-state index in [0.29, 0.717) is 10.8 Å². The molecule has 0 radical (unpaired) electrons. The van der Waals surface area contributed by atoms with E-state index >= 15 is 0 Å². The lowest BCUT2D eigenvalue weighted by Crippen LogP contribution is -2.57. The predicted octanol–water partition coefficient (Wildman–Crippen LogP) is 3.52. The number of nitrogens with zero attached hydrogens (tertiary/aromatic N) is 3. The van der Waals surface area contributed by atoms with Crippen LogP contribution >= 0.6 is 11.6 Å². The van der Waals surface area contributed by atoms with Crippen LogP contribution in [0, 0.1) is 6.92 Å². The first-order valence-electron chi connectivity index (χ1n) is 7.71. The van der Waals surface area contributed by atoms with Crippen LogP contribution in [0.15, 0.2) is 47.6 Å². The molecule has 7 nitrogen and oxygen atoms in total. The molecular formula is C18H14ClN3O4. The summed E-state index contributed by atoms with van der Waals surface area (Å²) in [5, 5.41) is 14.6. The number of benzene rings is 2. The van der Waals surface area contributed by atoms with E-state index in [2.05, 4.69) is 10.0 Å². The minimum Gasteiger partial charge on any atom is -0.492 e. The summed E-state index contributed by atoms with van der Waals surface area (Å²) in [6.07, 6.45) is -1.90. The van der Waals surface area contributed by atoms with Gasteiger partial charge in [-0.05, 0) is 48.9 Å². The van der Waals surface area contributed by atoms with Crippen molar-refractivity contribution in [2.24, 2.45) is 5.11 Å². The average Bonchev–Trinajstić information content (AvgIpc) is 2.64. The Hall–Kier alpha value is -2.86. The fraction of sp³-hybridized carbons (Fsp3) is 0.222. The number of fused-ring (bicyclic) bond motifs is 1. The van der Waals surface area contributed by atoms with Crippen molar-refractivity contribution < 1.29 is 19.4 Å². The highest BCUT2D eigenvalue weighted by Crippen LogP contribution is 2.35. The Morgan fingerprint density at radius 1 is 1.35 bits per heavy atom. The van der Waals surface area contributed by atoms with Gasteiger partial charge in [0.05, 0.1) is 5.56 Å². The van der Waals surface area contributed by atoms with Crippen LogP contribution in [0.3, 0.4) is 0 Å². The molecule has 8 heteroatoms. The second kappa shape index (κ2) is 6.80. The molecule has 2 aromatic rings. The predicted molar refractivity (Wildman–Crippen MR) is 94.7 cm³/mol. The van der Waals surface area contributed by atoms with Crippen molar-refractivity contribution in [1.29, 1.82) is 0 Å². The molecule has 1 N–H and O–H groups in total. The number of ketones is 2. The van der Waals surface area contributed by atoms with Crippen LogP contribution < -0.4 is 4.74 Å². The molecule has 0 spiro atoms. The number of carbonyl (C=O) groups is 2. The number of ether oxygens (including phenoxy) is 1. The van der Waals surface area contributed by atoms with E-state index in [9.17, 15) is 14.7 Å². The molecule has 132 valence electrons. The van der Waals surface area contributed by atoms with Crippen molar-refractivity contribution >= 4 is 23.2 Å². The molecule has 2 aromatic carbocycles. The van der Waals surface area contributed by atoms with Crippen molar-refractivity contribution in [2.75, 3.05) is 6.61 Å². The zero-order valence-corrected chi connectivity index (χ0v) is 14.5. The van der Waals surface area contributed by atoms with Crippen molar-refractivity contribution in [1.82, 2.24) is 0 Å². The van der Waals surface area contributed by atoms with Crippen LogP contribution in [0.25, 0.3) is 10.4 Å². The van der Waals surface area contributed by atoms with E-state index in [0.717, 1.165) is 5.56 Å². The molecular weight excluding hydrogens is 358 g/mol. The Morgan fingerprint density at radius 2 is 2.04 bits per heavy atom. The van der Waals surface area contributed by atoms with Crippen LogP contribution in [-0.4, -0.2) is 34.9 Å². The molecule has 2 atom stereocenters. The van der Waals surface area contributed by atoms with Gasteiger partial charge in [-0.25, -0.2) is 0 Å². The van der Waals surface area contributed by atoms with E-state index in [1.54, 1.807) is 25.1 Å². The summed E-state index contributed by atoms with van der Waals surface area (Å²) in [4.78, 5) is 28.4. The second-order valence-corrected chi connectivity index (χ2v) is 6.44. The van der Waals surface area contributed by atoms with Gasteiger partial charge in [-0.3, -0.25) is 9.59 Å². The van der Waals surface area contributed by atoms with Crippen molar-refractivity contribution in [3.8, 4) is 5.75 Å². The Bertz CT molecular complexity index is 938. The Labute approximate surface area is 153 Å². The minimum atomic E-state index is -2.08. The van der Waals surface area contributed by atoms with E-state index in [1.807, 2.05) is 0 Å². The van der Waals surface area contributed by atoms with E-state index in [-0.39, 0.29) is 11.1 Å². The Balaban J connectivity index is 2.05. The molecule has 0 amide bonds. The fourth-order valence-electron chi connectivity index (χ4n) is 2.83. The van der Waals surface area contributed by atoms with Gasteiger partial charge in [0.1, 0.15) is 18.5 Å². The number of rotatable bonds is 4. The Kier molecular flexibility index (Phi) is 4.70. The van der Waals surface area contributed by atoms with Crippen molar-refractivity contribution in [3.05, 3.63) is 74.6 Å². The smallest absolute Gasteiger partial charge is 0.192 e. The molecule has 3 rings (SSSR count).